The van der Waals surface area contributed by atoms with Crippen molar-refractivity contribution < 1.29 is 4.92 Å². The molecule has 4 nitrogen and oxygen atoms in total. The number of hydrogen-bond acceptors (Lipinski definition) is 3. The Morgan fingerprint density at radius 3 is 2.29 bits per heavy atom. The molecule has 0 saturated carbocycles. The van der Waals surface area contributed by atoms with Crippen LogP contribution in [0.25, 0.3) is 0 Å². The van der Waals surface area contributed by atoms with E-state index in [1.54, 1.807) is 12.1 Å². The molecular weight excluding hydrogens is 264 g/mol. The highest BCUT2D eigenvalue weighted by Gasteiger charge is 2.13. The van der Waals surface area contributed by atoms with Crippen LogP contribution in [-0.4, -0.2) is 4.92 Å². The van der Waals surface area contributed by atoms with Crippen LogP contribution in [0.3, 0.4) is 0 Å². The monoisotopic (exact) mass is 284 g/mol. The van der Waals surface area contributed by atoms with Crippen molar-refractivity contribution in [1.29, 1.82) is 0 Å². The molecule has 4 heteroatoms. The molecule has 0 aliphatic heterocycles. The summed E-state index contributed by atoms with van der Waals surface area (Å²) in [7, 11) is 0. The topological polar surface area (TPSA) is 55.2 Å². The molecule has 1 N–H and O–H groups in total. The van der Waals surface area contributed by atoms with Crippen molar-refractivity contribution in [2.45, 2.75) is 33.7 Å². The van der Waals surface area contributed by atoms with Gasteiger partial charge in [-0.2, -0.15) is 0 Å². The number of non-ortho nitro benzene ring substituents is 1. The Morgan fingerprint density at radius 2 is 1.71 bits per heavy atom. The summed E-state index contributed by atoms with van der Waals surface area (Å²) >= 11 is 0. The summed E-state index contributed by atoms with van der Waals surface area (Å²) in [6.45, 7) is 8.36. The van der Waals surface area contributed by atoms with Crippen molar-refractivity contribution in [1.82, 2.24) is 0 Å². The minimum absolute atomic E-state index is 0.0904. The summed E-state index contributed by atoms with van der Waals surface area (Å²) in [5, 5.41) is 14.2. The second-order valence-electron chi connectivity index (χ2n) is 5.49. The second kappa shape index (κ2) is 5.95. The highest BCUT2D eigenvalue weighted by Crippen LogP contribution is 2.27. The third kappa shape index (κ3) is 3.40. The van der Waals surface area contributed by atoms with Crippen LogP contribution in [0, 0.1) is 30.9 Å². The van der Waals surface area contributed by atoms with Gasteiger partial charge in [0, 0.05) is 23.9 Å². The largest absolute Gasteiger partial charge is 0.378 e. The number of nitrogens with one attached hydrogen (secondary N) is 1. The summed E-state index contributed by atoms with van der Waals surface area (Å²) in [4.78, 5) is 10.5. The highest BCUT2D eigenvalue weighted by molar-refractivity contribution is 5.53. The molecule has 0 amide bonds. The lowest BCUT2D eigenvalue weighted by molar-refractivity contribution is -0.384. The third-order valence-electron chi connectivity index (χ3n) is 3.61. The van der Waals surface area contributed by atoms with Crippen molar-refractivity contribution in [3.63, 3.8) is 0 Å². The van der Waals surface area contributed by atoms with Crippen LogP contribution in [0.5, 0.6) is 0 Å². The van der Waals surface area contributed by atoms with Crippen molar-refractivity contribution in [3.05, 3.63) is 68.8 Å². The Hall–Kier alpha value is -2.36. The van der Waals surface area contributed by atoms with Gasteiger partial charge >= 0.3 is 0 Å². The van der Waals surface area contributed by atoms with Crippen molar-refractivity contribution in [3.8, 4) is 0 Å². The van der Waals surface area contributed by atoms with Crippen LogP contribution in [0.4, 0.5) is 11.4 Å². The first-order valence-electron chi connectivity index (χ1n) is 6.97. The molecule has 0 aliphatic rings. The molecule has 0 spiro atoms. The Kier molecular flexibility index (Phi) is 4.26. The summed E-state index contributed by atoms with van der Waals surface area (Å²) in [5.41, 5.74) is 5.82. The first-order valence-corrected chi connectivity index (χ1v) is 6.97. The molecule has 2 rings (SSSR count). The molecule has 0 aromatic heterocycles. The third-order valence-corrected chi connectivity index (χ3v) is 3.61. The standard InChI is InChI=1S/C17H20N2O2/c1-11-8-12(2)17(13(3)9-11)14(4)18-15-6-5-7-16(10-15)19(20)21/h5-10,14,18H,1-4H3. The van der Waals surface area contributed by atoms with Gasteiger partial charge in [-0.1, -0.05) is 23.8 Å². The number of hydrogen-bond donors (Lipinski definition) is 1. The average molecular weight is 284 g/mol. The highest BCUT2D eigenvalue weighted by atomic mass is 16.6. The molecule has 0 radical (unpaired) electrons. The zero-order valence-corrected chi connectivity index (χ0v) is 12.8. The molecule has 2 aromatic rings. The van der Waals surface area contributed by atoms with E-state index in [0.717, 1.165) is 5.69 Å². The summed E-state index contributed by atoms with van der Waals surface area (Å²) in [5.74, 6) is 0. The zero-order chi connectivity index (χ0) is 15.6. The molecule has 0 heterocycles. The van der Waals surface area contributed by atoms with Gasteiger partial charge in [0.05, 0.1) is 4.92 Å². The van der Waals surface area contributed by atoms with Crippen molar-refractivity contribution >= 4 is 11.4 Å². The SMILES string of the molecule is Cc1cc(C)c(C(C)Nc2cccc([N+](=O)[O-])c2)c(C)c1. The van der Waals surface area contributed by atoms with Gasteiger partial charge in [-0.05, 0) is 50.5 Å². The molecule has 0 fully saturated rings. The molecule has 21 heavy (non-hydrogen) atoms. The van der Waals surface area contributed by atoms with E-state index in [-0.39, 0.29) is 16.7 Å². The van der Waals surface area contributed by atoms with E-state index in [0.29, 0.717) is 0 Å². The van der Waals surface area contributed by atoms with Crippen LogP contribution < -0.4 is 5.32 Å². The lowest BCUT2D eigenvalue weighted by Crippen LogP contribution is -2.10. The fourth-order valence-corrected chi connectivity index (χ4v) is 2.91. The van der Waals surface area contributed by atoms with Gasteiger partial charge in [0.25, 0.3) is 5.69 Å². The first kappa shape index (κ1) is 15.0. The zero-order valence-electron chi connectivity index (χ0n) is 12.8. The Bertz CT molecular complexity index is 657. The van der Waals surface area contributed by atoms with Crippen LogP contribution in [0.15, 0.2) is 36.4 Å². The van der Waals surface area contributed by atoms with E-state index in [2.05, 4.69) is 45.1 Å². The molecule has 110 valence electrons. The van der Waals surface area contributed by atoms with E-state index in [1.165, 1.54) is 28.3 Å². The maximum atomic E-state index is 10.8. The fourth-order valence-electron chi connectivity index (χ4n) is 2.91. The predicted molar refractivity (Wildman–Crippen MR) is 85.8 cm³/mol. The van der Waals surface area contributed by atoms with Gasteiger partial charge in [0.1, 0.15) is 0 Å². The van der Waals surface area contributed by atoms with Gasteiger partial charge < -0.3 is 5.32 Å². The smallest absolute Gasteiger partial charge is 0.271 e. The van der Waals surface area contributed by atoms with E-state index < -0.39 is 0 Å². The first-order chi connectivity index (χ1) is 9.88. The second-order valence-corrected chi connectivity index (χ2v) is 5.49. The maximum absolute atomic E-state index is 10.8. The quantitative estimate of drug-likeness (QED) is 0.654. The Labute approximate surface area is 125 Å². The minimum atomic E-state index is -0.377. The fraction of sp³-hybridized carbons (Fsp3) is 0.294. The minimum Gasteiger partial charge on any atom is -0.378 e. The molecule has 1 unspecified atom stereocenters. The maximum Gasteiger partial charge on any atom is 0.271 e. The van der Waals surface area contributed by atoms with Crippen LogP contribution in [0.2, 0.25) is 0 Å². The predicted octanol–water partition coefficient (Wildman–Crippen LogP) is 4.69. The van der Waals surface area contributed by atoms with E-state index in [4.69, 9.17) is 0 Å². The number of anilines is 1. The van der Waals surface area contributed by atoms with Crippen LogP contribution >= 0.6 is 0 Å². The van der Waals surface area contributed by atoms with E-state index >= 15 is 0 Å². The number of benzene rings is 2. The van der Waals surface area contributed by atoms with E-state index in [1.807, 2.05) is 6.07 Å². The number of nitro groups is 1. The number of rotatable bonds is 4. The van der Waals surface area contributed by atoms with Crippen molar-refractivity contribution in [2.24, 2.45) is 0 Å². The van der Waals surface area contributed by atoms with Gasteiger partial charge in [0.2, 0.25) is 0 Å². The number of nitro benzene ring substituents is 1. The van der Waals surface area contributed by atoms with Gasteiger partial charge in [-0.15, -0.1) is 0 Å². The molecule has 0 bridgehead atoms. The molecular formula is C17H20N2O2. The lowest BCUT2D eigenvalue weighted by atomic mass is 9.95. The normalized spacial score (nSPS) is 12.0. The van der Waals surface area contributed by atoms with Crippen LogP contribution in [-0.2, 0) is 0 Å². The Balaban J connectivity index is 2.28. The van der Waals surface area contributed by atoms with Gasteiger partial charge in [-0.25, -0.2) is 0 Å². The number of nitrogens with zero attached hydrogens (tertiary/aromatic N) is 1. The number of aryl methyl sites for hydroxylation is 3. The molecule has 0 saturated heterocycles. The van der Waals surface area contributed by atoms with E-state index in [9.17, 15) is 10.1 Å². The van der Waals surface area contributed by atoms with Crippen LogP contribution in [0.1, 0.15) is 35.2 Å². The molecule has 1 atom stereocenters. The molecule has 2 aromatic carbocycles. The average Bonchev–Trinajstić information content (AvgIpc) is 2.37. The van der Waals surface area contributed by atoms with Gasteiger partial charge in [0.15, 0.2) is 0 Å². The summed E-state index contributed by atoms with van der Waals surface area (Å²) in [6, 6.07) is 11.0. The lowest BCUT2D eigenvalue weighted by Gasteiger charge is -2.20. The summed E-state index contributed by atoms with van der Waals surface area (Å²) in [6.07, 6.45) is 0. The summed E-state index contributed by atoms with van der Waals surface area (Å²) < 4.78 is 0. The Morgan fingerprint density at radius 1 is 1.10 bits per heavy atom. The molecule has 0 aliphatic carbocycles. The van der Waals surface area contributed by atoms with Crippen molar-refractivity contribution in [2.75, 3.05) is 5.32 Å². The van der Waals surface area contributed by atoms with Gasteiger partial charge in [-0.3, -0.25) is 10.1 Å².